The summed E-state index contributed by atoms with van der Waals surface area (Å²) in [7, 11) is 0. The molecule has 5 nitrogen and oxygen atoms in total. The van der Waals surface area contributed by atoms with Crippen molar-refractivity contribution >= 4 is 11.9 Å². The number of aliphatic hydroxyl groups is 1. The molecule has 0 heterocycles. The monoisotopic (exact) mass is 263 g/mol. The van der Waals surface area contributed by atoms with Gasteiger partial charge in [0.25, 0.3) is 0 Å². The van der Waals surface area contributed by atoms with Crippen LogP contribution in [-0.4, -0.2) is 34.7 Å². The second kappa shape index (κ2) is 5.40. The highest BCUT2D eigenvalue weighted by molar-refractivity contribution is 6.04. The van der Waals surface area contributed by atoms with Crippen molar-refractivity contribution in [1.82, 2.24) is 5.32 Å². The first-order valence-electron chi connectivity index (χ1n) is 6.28. The van der Waals surface area contributed by atoms with E-state index in [2.05, 4.69) is 5.32 Å². The number of hydrogen-bond donors (Lipinski definition) is 3. The minimum Gasteiger partial charge on any atom is -0.480 e. The summed E-state index contributed by atoms with van der Waals surface area (Å²) in [6, 6.07) is 9.44. The van der Waals surface area contributed by atoms with E-state index in [0.29, 0.717) is 19.3 Å². The Morgan fingerprint density at radius 3 is 2.42 bits per heavy atom. The zero-order valence-electron chi connectivity index (χ0n) is 10.5. The maximum Gasteiger partial charge on any atom is 0.319 e. The number of aliphatic hydroxyl groups excluding tert-OH is 1. The first-order chi connectivity index (χ1) is 9.04. The molecule has 1 unspecified atom stereocenters. The first kappa shape index (κ1) is 13.5. The molecule has 1 amide bonds. The van der Waals surface area contributed by atoms with E-state index in [9.17, 15) is 14.7 Å². The first-order valence-corrected chi connectivity index (χ1v) is 6.28. The molecule has 0 radical (unpaired) electrons. The predicted molar refractivity (Wildman–Crippen MR) is 68.5 cm³/mol. The molecule has 102 valence electrons. The van der Waals surface area contributed by atoms with E-state index >= 15 is 0 Å². The third kappa shape index (κ3) is 3.12. The Balaban J connectivity index is 1.80. The van der Waals surface area contributed by atoms with Gasteiger partial charge in [-0.3, -0.25) is 9.59 Å². The Morgan fingerprint density at radius 2 is 1.89 bits per heavy atom. The Labute approximate surface area is 111 Å². The lowest BCUT2D eigenvalue weighted by molar-refractivity contribution is -0.149. The lowest BCUT2D eigenvalue weighted by Gasteiger charge is -2.14. The predicted octanol–water partition coefficient (Wildman–Crippen LogP) is 0.571. The van der Waals surface area contributed by atoms with E-state index in [1.54, 1.807) is 0 Å². The Hall–Kier alpha value is -1.88. The summed E-state index contributed by atoms with van der Waals surface area (Å²) < 4.78 is 0. The van der Waals surface area contributed by atoms with Crippen molar-refractivity contribution in [3.63, 3.8) is 0 Å². The summed E-state index contributed by atoms with van der Waals surface area (Å²) in [4.78, 5) is 22.7. The number of hydrogen-bond acceptors (Lipinski definition) is 3. The highest BCUT2D eigenvalue weighted by Crippen LogP contribution is 2.46. The van der Waals surface area contributed by atoms with Crippen molar-refractivity contribution in [1.29, 1.82) is 0 Å². The number of carboxylic acid groups (broad SMARTS) is 1. The fourth-order valence-electron chi connectivity index (χ4n) is 2.00. The van der Waals surface area contributed by atoms with Crippen LogP contribution in [0.1, 0.15) is 18.4 Å². The van der Waals surface area contributed by atoms with Crippen molar-refractivity contribution in [3.05, 3.63) is 35.9 Å². The molecule has 1 aliphatic rings. The van der Waals surface area contributed by atoms with Gasteiger partial charge in [-0.05, 0) is 18.4 Å². The molecule has 1 atom stereocenters. The van der Waals surface area contributed by atoms with Gasteiger partial charge in [0.15, 0.2) is 0 Å². The maximum absolute atomic E-state index is 11.7. The van der Waals surface area contributed by atoms with Crippen LogP contribution in [0.25, 0.3) is 0 Å². The largest absolute Gasteiger partial charge is 0.480 e. The van der Waals surface area contributed by atoms with Gasteiger partial charge in [-0.25, -0.2) is 0 Å². The summed E-state index contributed by atoms with van der Waals surface area (Å²) in [6.45, 7) is 0.0722. The van der Waals surface area contributed by atoms with Gasteiger partial charge in [-0.2, -0.15) is 0 Å². The quantitative estimate of drug-likeness (QED) is 0.655. The average Bonchev–Trinajstić information content (AvgIpc) is 3.18. The van der Waals surface area contributed by atoms with E-state index in [1.165, 1.54) is 0 Å². The van der Waals surface area contributed by atoms with Crippen molar-refractivity contribution < 1.29 is 19.8 Å². The summed E-state index contributed by atoms with van der Waals surface area (Å²) >= 11 is 0. The molecular formula is C14H17NO4. The van der Waals surface area contributed by atoms with Crippen LogP contribution in [0, 0.1) is 5.41 Å². The van der Waals surface area contributed by atoms with Crippen LogP contribution >= 0.6 is 0 Å². The van der Waals surface area contributed by atoms with E-state index in [0.717, 1.165) is 5.56 Å². The van der Waals surface area contributed by atoms with Crippen LogP contribution in [0.5, 0.6) is 0 Å². The molecule has 1 saturated carbocycles. The third-order valence-electron chi connectivity index (χ3n) is 3.41. The van der Waals surface area contributed by atoms with Gasteiger partial charge in [0, 0.05) is 13.0 Å². The third-order valence-corrected chi connectivity index (χ3v) is 3.41. The summed E-state index contributed by atoms with van der Waals surface area (Å²) in [6.07, 6.45) is 0.475. The minimum atomic E-state index is -1.24. The molecule has 0 aromatic heterocycles. The van der Waals surface area contributed by atoms with Crippen molar-refractivity contribution in [2.75, 3.05) is 6.54 Å². The van der Waals surface area contributed by atoms with Gasteiger partial charge < -0.3 is 15.5 Å². The number of nitrogens with one attached hydrogen (secondary N) is 1. The fraction of sp³-hybridized carbons (Fsp3) is 0.429. The van der Waals surface area contributed by atoms with Crippen LogP contribution < -0.4 is 5.32 Å². The number of benzene rings is 1. The lowest BCUT2D eigenvalue weighted by atomic mass is 10.1. The zero-order valence-corrected chi connectivity index (χ0v) is 10.5. The van der Waals surface area contributed by atoms with Crippen LogP contribution in [0.4, 0.5) is 0 Å². The van der Waals surface area contributed by atoms with Crippen molar-refractivity contribution in [2.45, 2.75) is 25.4 Å². The van der Waals surface area contributed by atoms with E-state index in [1.807, 2.05) is 30.3 Å². The van der Waals surface area contributed by atoms with Gasteiger partial charge in [0.05, 0.1) is 6.10 Å². The van der Waals surface area contributed by atoms with Gasteiger partial charge in [-0.15, -0.1) is 0 Å². The summed E-state index contributed by atoms with van der Waals surface area (Å²) in [5.41, 5.74) is -0.268. The second-order valence-corrected chi connectivity index (χ2v) is 4.94. The lowest BCUT2D eigenvalue weighted by Crippen LogP contribution is -2.41. The van der Waals surface area contributed by atoms with Gasteiger partial charge in [0.2, 0.25) is 5.91 Å². The molecule has 5 heteroatoms. The van der Waals surface area contributed by atoms with E-state index < -0.39 is 23.4 Å². The minimum absolute atomic E-state index is 0.0722. The average molecular weight is 263 g/mol. The van der Waals surface area contributed by atoms with Crippen LogP contribution in [0.15, 0.2) is 30.3 Å². The van der Waals surface area contributed by atoms with E-state index in [-0.39, 0.29) is 6.54 Å². The summed E-state index contributed by atoms with van der Waals surface area (Å²) in [5.74, 6) is -1.57. The molecule has 2 rings (SSSR count). The molecular weight excluding hydrogens is 246 g/mol. The number of aliphatic carboxylic acids is 1. The molecule has 0 saturated heterocycles. The Kier molecular flexibility index (Phi) is 3.85. The van der Waals surface area contributed by atoms with Gasteiger partial charge in [0.1, 0.15) is 5.41 Å². The normalized spacial score (nSPS) is 17.5. The SMILES string of the molecule is O=C(O)C1(C(=O)NCC(O)Cc2ccccc2)CC1. The molecule has 19 heavy (non-hydrogen) atoms. The smallest absolute Gasteiger partial charge is 0.319 e. The highest BCUT2D eigenvalue weighted by atomic mass is 16.4. The Bertz CT molecular complexity index is 468. The second-order valence-electron chi connectivity index (χ2n) is 4.94. The number of carboxylic acids is 1. The van der Waals surface area contributed by atoms with Crippen LogP contribution in [-0.2, 0) is 16.0 Å². The topological polar surface area (TPSA) is 86.6 Å². The number of rotatable bonds is 6. The molecule has 1 aromatic carbocycles. The van der Waals surface area contributed by atoms with Gasteiger partial charge in [-0.1, -0.05) is 30.3 Å². The molecule has 3 N–H and O–H groups in total. The number of amides is 1. The molecule has 1 fully saturated rings. The van der Waals surface area contributed by atoms with Crippen LogP contribution in [0.2, 0.25) is 0 Å². The number of carbonyl (C=O) groups excluding carboxylic acids is 1. The van der Waals surface area contributed by atoms with Gasteiger partial charge >= 0.3 is 5.97 Å². The standard InChI is InChI=1S/C14H17NO4/c16-11(8-10-4-2-1-3-5-10)9-15-12(17)14(6-7-14)13(18)19/h1-5,11,16H,6-9H2,(H,15,17)(H,18,19). The zero-order chi connectivity index (χ0) is 13.9. The van der Waals surface area contributed by atoms with E-state index in [4.69, 9.17) is 5.11 Å². The van der Waals surface area contributed by atoms with Crippen LogP contribution in [0.3, 0.4) is 0 Å². The molecule has 1 aromatic rings. The molecule has 1 aliphatic carbocycles. The van der Waals surface area contributed by atoms with Crippen molar-refractivity contribution in [2.24, 2.45) is 5.41 Å². The maximum atomic E-state index is 11.7. The Morgan fingerprint density at radius 1 is 1.26 bits per heavy atom. The molecule has 0 bridgehead atoms. The molecule has 0 aliphatic heterocycles. The fourth-order valence-corrected chi connectivity index (χ4v) is 2.00. The number of carbonyl (C=O) groups is 2. The molecule has 0 spiro atoms. The van der Waals surface area contributed by atoms with Crippen molar-refractivity contribution in [3.8, 4) is 0 Å². The summed E-state index contributed by atoms with van der Waals surface area (Å²) in [5, 5.41) is 21.3. The highest BCUT2D eigenvalue weighted by Gasteiger charge is 2.56.